The average molecular weight is 520 g/mol. The third kappa shape index (κ3) is 8.41. The summed E-state index contributed by atoms with van der Waals surface area (Å²) < 4.78 is 5.76. The average Bonchev–Trinajstić information content (AvgIpc) is 3.44. The Morgan fingerprint density at radius 3 is 2.74 bits per heavy atom. The predicted octanol–water partition coefficient (Wildman–Crippen LogP) is 1.05. The first-order valence-electron chi connectivity index (χ1n) is 12.7. The van der Waals surface area contributed by atoms with Crippen molar-refractivity contribution in [1.82, 2.24) is 35.8 Å². The highest BCUT2D eigenvalue weighted by Gasteiger charge is 2.23. The minimum atomic E-state index is -0.779. The van der Waals surface area contributed by atoms with Gasteiger partial charge in [0.25, 0.3) is 5.91 Å². The molecule has 4 rings (SSSR count). The standard InChI is InChI=1S/C27H33N7O4/c35-25-18-34(17-20-5-4-8-28-15-20)11-2-1-9-31-27(37)24(14-22-16-29-19-32-22)33-26(36)21-6-3-7-23(13-21)38-12-10-30-25/h3-8,13,15-16,19,24H,1-2,9-12,14,17-18H2,(H,29,32)(H,30,35)(H,31,37)(H,33,36)/t24-/m0/s1. The molecule has 200 valence electrons. The maximum Gasteiger partial charge on any atom is 0.252 e. The van der Waals surface area contributed by atoms with E-state index in [1.165, 1.54) is 6.33 Å². The molecule has 4 N–H and O–H groups in total. The van der Waals surface area contributed by atoms with E-state index in [2.05, 4.69) is 35.8 Å². The van der Waals surface area contributed by atoms with Gasteiger partial charge in [0, 0.05) is 49.4 Å². The number of benzene rings is 1. The van der Waals surface area contributed by atoms with Crippen LogP contribution in [0, 0.1) is 0 Å². The Kier molecular flexibility index (Phi) is 9.80. The van der Waals surface area contributed by atoms with Gasteiger partial charge >= 0.3 is 0 Å². The molecule has 1 aliphatic heterocycles. The number of nitrogens with zero attached hydrogens (tertiary/aromatic N) is 3. The second-order valence-electron chi connectivity index (χ2n) is 9.10. The van der Waals surface area contributed by atoms with Crippen molar-refractivity contribution < 1.29 is 19.1 Å². The maximum atomic E-state index is 13.0. The van der Waals surface area contributed by atoms with Gasteiger partial charge in [-0.1, -0.05) is 12.1 Å². The number of pyridine rings is 1. The van der Waals surface area contributed by atoms with Crippen LogP contribution in [0.5, 0.6) is 5.75 Å². The summed E-state index contributed by atoms with van der Waals surface area (Å²) in [5, 5.41) is 8.68. The zero-order valence-electron chi connectivity index (χ0n) is 21.2. The summed E-state index contributed by atoms with van der Waals surface area (Å²) >= 11 is 0. The second kappa shape index (κ2) is 13.9. The molecule has 1 atom stereocenters. The Balaban J connectivity index is 1.46. The summed E-state index contributed by atoms with van der Waals surface area (Å²) in [7, 11) is 0. The van der Waals surface area contributed by atoms with Gasteiger partial charge in [-0.3, -0.25) is 24.3 Å². The predicted molar refractivity (Wildman–Crippen MR) is 140 cm³/mol. The number of ether oxygens (including phenoxy) is 1. The van der Waals surface area contributed by atoms with Crippen molar-refractivity contribution in [2.45, 2.75) is 31.8 Å². The summed E-state index contributed by atoms with van der Waals surface area (Å²) in [5.74, 6) is -0.256. The van der Waals surface area contributed by atoms with E-state index in [0.717, 1.165) is 24.1 Å². The number of carbonyl (C=O) groups excluding carboxylic acids is 3. The molecule has 3 amide bonds. The van der Waals surface area contributed by atoms with Gasteiger partial charge < -0.3 is 25.7 Å². The lowest BCUT2D eigenvalue weighted by Gasteiger charge is -2.22. The molecule has 0 saturated carbocycles. The van der Waals surface area contributed by atoms with Gasteiger partial charge in [-0.25, -0.2) is 4.98 Å². The van der Waals surface area contributed by atoms with Crippen LogP contribution < -0.4 is 20.7 Å². The molecule has 2 aromatic heterocycles. The molecule has 11 nitrogen and oxygen atoms in total. The number of hydrogen-bond acceptors (Lipinski definition) is 7. The Bertz CT molecular complexity index is 1190. The number of hydrogen-bond donors (Lipinski definition) is 4. The Morgan fingerprint density at radius 2 is 1.92 bits per heavy atom. The van der Waals surface area contributed by atoms with Crippen LogP contribution in [0.4, 0.5) is 0 Å². The molecule has 0 unspecified atom stereocenters. The zero-order valence-corrected chi connectivity index (χ0v) is 21.2. The fraction of sp³-hybridized carbons (Fsp3) is 0.370. The fourth-order valence-corrected chi connectivity index (χ4v) is 4.17. The number of amides is 3. The van der Waals surface area contributed by atoms with E-state index >= 15 is 0 Å². The van der Waals surface area contributed by atoms with Crippen molar-refractivity contribution in [2.75, 3.05) is 32.8 Å². The zero-order chi connectivity index (χ0) is 26.6. The Hall–Kier alpha value is -4.25. The summed E-state index contributed by atoms with van der Waals surface area (Å²) in [6.07, 6.45) is 8.46. The molecule has 38 heavy (non-hydrogen) atoms. The second-order valence-corrected chi connectivity index (χ2v) is 9.10. The van der Waals surface area contributed by atoms with Gasteiger partial charge in [0.05, 0.1) is 19.4 Å². The van der Waals surface area contributed by atoms with Crippen LogP contribution in [0.2, 0.25) is 0 Å². The summed E-state index contributed by atoms with van der Waals surface area (Å²) in [4.78, 5) is 51.9. The lowest BCUT2D eigenvalue weighted by Crippen LogP contribution is -2.48. The molecule has 1 aliphatic rings. The van der Waals surface area contributed by atoms with Crippen LogP contribution in [-0.2, 0) is 22.6 Å². The molecule has 0 saturated heterocycles. The smallest absolute Gasteiger partial charge is 0.252 e. The maximum absolute atomic E-state index is 13.0. The molecule has 0 aliphatic carbocycles. The van der Waals surface area contributed by atoms with Gasteiger partial charge in [0.2, 0.25) is 11.8 Å². The van der Waals surface area contributed by atoms with Crippen LogP contribution >= 0.6 is 0 Å². The molecule has 1 aromatic carbocycles. The van der Waals surface area contributed by atoms with E-state index in [9.17, 15) is 14.4 Å². The molecule has 0 spiro atoms. The molecular formula is C27H33N7O4. The van der Waals surface area contributed by atoms with Crippen molar-refractivity contribution in [3.05, 3.63) is 78.1 Å². The monoisotopic (exact) mass is 519 g/mol. The van der Waals surface area contributed by atoms with Gasteiger partial charge in [0.15, 0.2) is 0 Å². The lowest BCUT2D eigenvalue weighted by atomic mass is 10.1. The molecule has 3 aromatic rings. The van der Waals surface area contributed by atoms with Gasteiger partial charge in [-0.15, -0.1) is 0 Å². The van der Waals surface area contributed by atoms with E-state index < -0.39 is 6.04 Å². The summed E-state index contributed by atoms with van der Waals surface area (Å²) in [5.41, 5.74) is 2.13. The van der Waals surface area contributed by atoms with Crippen LogP contribution in [0.25, 0.3) is 0 Å². The third-order valence-corrected chi connectivity index (χ3v) is 6.09. The van der Waals surface area contributed by atoms with Crippen molar-refractivity contribution >= 4 is 17.7 Å². The number of aromatic amines is 1. The Morgan fingerprint density at radius 1 is 1.00 bits per heavy atom. The molecule has 0 fully saturated rings. The quantitative estimate of drug-likeness (QED) is 0.404. The summed E-state index contributed by atoms with van der Waals surface area (Å²) in [6, 6.07) is 9.81. The van der Waals surface area contributed by atoms with Crippen molar-refractivity contribution in [2.24, 2.45) is 0 Å². The SMILES string of the molecule is O=C1CN(Cc2cccnc2)CCCCNC(=O)[C@H](Cc2cnc[nH]2)NC(=O)c2cccc(c2)OCCN1. The first-order chi connectivity index (χ1) is 18.6. The van der Waals surface area contributed by atoms with Crippen LogP contribution in [-0.4, -0.2) is 76.4 Å². The highest BCUT2D eigenvalue weighted by Crippen LogP contribution is 2.14. The summed E-state index contributed by atoms with van der Waals surface area (Å²) in [6.45, 7) is 2.54. The Labute approximate surface area is 221 Å². The molecule has 3 heterocycles. The van der Waals surface area contributed by atoms with Crippen molar-refractivity contribution in [3.63, 3.8) is 0 Å². The molecule has 0 radical (unpaired) electrons. The number of carbonyl (C=O) groups is 3. The third-order valence-electron chi connectivity index (χ3n) is 6.09. The largest absolute Gasteiger partial charge is 0.492 e. The van der Waals surface area contributed by atoms with E-state index in [1.54, 1.807) is 42.9 Å². The molecule has 2 bridgehead atoms. The topological polar surface area (TPSA) is 141 Å². The highest BCUT2D eigenvalue weighted by molar-refractivity contribution is 5.97. The number of imidazole rings is 1. The van der Waals surface area contributed by atoms with Gasteiger partial charge in [0.1, 0.15) is 18.4 Å². The highest BCUT2D eigenvalue weighted by atomic mass is 16.5. The van der Waals surface area contributed by atoms with E-state index in [0.29, 0.717) is 37.5 Å². The number of H-pyrrole nitrogens is 1. The van der Waals surface area contributed by atoms with Crippen LogP contribution in [0.3, 0.4) is 0 Å². The van der Waals surface area contributed by atoms with Gasteiger partial charge in [-0.05, 0) is 49.2 Å². The number of fused-ring (bicyclic) bond motifs is 2. The minimum absolute atomic E-state index is 0.0986. The molecule has 11 heteroatoms. The van der Waals surface area contributed by atoms with Crippen LogP contribution in [0.15, 0.2) is 61.3 Å². The lowest BCUT2D eigenvalue weighted by molar-refractivity contribution is -0.123. The van der Waals surface area contributed by atoms with Crippen LogP contribution in [0.1, 0.15) is 34.5 Å². The number of rotatable bonds is 4. The van der Waals surface area contributed by atoms with Crippen molar-refractivity contribution in [3.8, 4) is 5.75 Å². The van der Waals surface area contributed by atoms with Crippen molar-refractivity contribution in [1.29, 1.82) is 0 Å². The number of nitrogens with one attached hydrogen (secondary N) is 4. The minimum Gasteiger partial charge on any atom is -0.492 e. The van der Waals surface area contributed by atoms with E-state index in [4.69, 9.17) is 4.74 Å². The first-order valence-corrected chi connectivity index (χ1v) is 12.7. The van der Waals surface area contributed by atoms with E-state index in [1.807, 2.05) is 12.1 Å². The fourth-order valence-electron chi connectivity index (χ4n) is 4.17. The molecular weight excluding hydrogens is 486 g/mol. The van der Waals surface area contributed by atoms with E-state index in [-0.39, 0.29) is 37.3 Å². The first kappa shape index (κ1) is 26.8. The van der Waals surface area contributed by atoms with Gasteiger partial charge in [-0.2, -0.15) is 0 Å². The normalized spacial score (nSPS) is 18.6. The number of aromatic nitrogens is 3.